The Morgan fingerprint density at radius 1 is 1.33 bits per heavy atom. The van der Waals surface area contributed by atoms with Gasteiger partial charge in [-0.3, -0.25) is 0 Å². The molecule has 1 aliphatic carbocycles. The molecule has 0 aromatic heterocycles. The van der Waals surface area contributed by atoms with Crippen LogP contribution in [0.2, 0.25) is 0 Å². The Morgan fingerprint density at radius 3 is 2.22 bits per heavy atom. The number of ether oxygens (including phenoxy) is 2. The lowest BCUT2D eigenvalue weighted by molar-refractivity contribution is -0.145. The molecule has 18 heavy (non-hydrogen) atoms. The van der Waals surface area contributed by atoms with Gasteiger partial charge < -0.3 is 14.8 Å². The highest BCUT2D eigenvalue weighted by Crippen LogP contribution is 2.58. The lowest BCUT2D eigenvalue weighted by atomic mass is 9.99. The predicted molar refractivity (Wildman–Crippen MR) is 67.1 cm³/mol. The molecule has 0 saturated heterocycles. The van der Waals surface area contributed by atoms with Crippen molar-refractivity contribution in [2.45, 2.75) is 58.6 Å². The molecule has 1 rings (SSSR count). The van der Waals surface area contributed by atoms with Crippen molar-refractivity contribution in [3.8, 4) is 0 Å². The number of alkyl carbamates (subject to hydrolysis) is 1. The van der Waals surface area contributed by atoms with Crippen molar-refractivity contribution in [3.63, 3.8) is 0 Å². The fourth-order valence-electron chi connectivity index (χ4n) is 2.18. The zero-order valence-corrected chi connectivity index (χ0v) is 12.0. The molecule has 0 aliphatic heterocycles. The summed E-state index contributed by atoms with van der Waals surface area (Å²) in [6.07, 6.45) is 0.797. The standard InChI is InChI=1S/C13H23NO4/c1-7-12(5)8-13(12,9(15)17-6)14-10(16)18-11(2,3)4/h7-8H2,1-6H3,(H,14,16)/t12-,13+/m0/s1. The van der Waals surface area contributed by atoms with E-state index < -0.39 is 23.2 Å². The maximum absolute atomic E-state index is 11.9. The molecule has 0 bridgehead atoms. The molecule has 5 nitrogen and oxygen atoms in total. The van der Waals surface area contributed by atoms with Crippen molar-refractivity contribution in [1.82, 2.24) is 5.32 Å². The monoisotopic (exact) mass is 257 g/mol. The molecule has 2 atom stereocenters. The first-order valence-electron chi connectivity index (χ1n) is 6.20. The Labute approximate surface area is 108 Å². The number of rotatable bonds is 3. The van der Waals surface area contributed by atoms with Crippen molar-refractivity contribution in [2.24, 2.45) is 5.41 Å². The lowest BCUT2D eigenvalue weighted by Gasteiger charge is -2.25. The van der Waals surface area contributed by atoms with Gasteiger partial charge in [0.05, 0.1) is 7.11 Å². The molecular formula is C13H23NO4. The summed E-state index contributed by atoms with van der Waals surface area (Å²) < 4.78 is 9.98. The Balaban J connectivity index is 2.78. The first-order chi connectivity index (χ1) is 8.10. The lowest BCUT2D eigenvalue weighted by Crippen LogP contribution is -2.49. The number of carbonyl (C=O) groups excluding carboxylic acids is 2. The zero-order valence-electron chi connectivity index (χ0n) is 12.0. The topological polar surface area (TPSA) is 64.6 Å². The average molecular weight is 257 g/mol. The smallest absolute Gasteiger partial charge is 0.408 e. The number of carbonyl (C=O) groups is 2. The van der Waals surface area contributed by atoms with Gasteiger partial charge in [0.2, 0.25) is 0 Å². The second kappa shape index (κ2) is 4.44. The van der Waals surface area contributed by atoms with Gasteiger partial charge in [-0.15, -0.1) is 0 Å². The molecule has 1 N–H and O–H groups in total. The quantitative estimate of drug-likeness (QED) is 0.787. The Bertz CT molecular complexity index is 360. The van der Waals surface area contributed by atoms with E-state index in [2.05, 4.69) is 5.32 Å². The van der Waals surface area contributed by atoms with E-state index in [1.807, 2.05) is 13.8 Å². The van der Waals surface area contributed by atoms with Crippen molar-refractivity contribution in [1.29, 1.82) is 0 Å². The van der Waals surface area contributed by atoms with E-state index in [0.29, 0.717) is 6.42 Å². The van der Waals surface area contributed by atoms with Crippen LogP contribution in [0.4, 0.5) is 4.79 Å². The molecule has 0 aromatic carbocycles. The summed E-state index contributed by atoms with van der Waals surface area (Å²) in [6.45, 7) is 9.29. The van der Waals surface area contributed by atoms with Gasteiger partial charge in [0, 0.05) is 5.41 Å². The normalized spacial score (nSPS) is 30.6. The minimum absolute atomic E-state index is 0.253. The van der Waals surface area contributed by atoms with Crippen molar-refractivity contribution < 1.29 is 19.1 Å². The van der Waals surface area contributed by atoms with Crippen molar-refractivity contribution in [3.05, 3.63) is 0 Å². The summed E-state index contributed by atoms with van der Waals surface area (Å²) >= 11 is 0. The van der Waals surface area contributed by atoms with Crippen LogP contribution in [0, 0.1) is 5.41 Å². The third-order valence-electron chi connectivity index (χ3n) is 3.59. The second-order valence-corrected chi connectivity index (χ2v) is 6.11. The highest BCUT2D eigenvalue weighted by Gasteiger charge is 2.70. The van der Waals surface area contributed by atoms with Gasteiger partial charge in [-0.25, -0.2) is 9.59 Å². The van der Waals surface area contributed by atoms with E-state index in [1.54, 1.807) is 20.8 Å². The third kappa shape index (κ3) is 2.60. The van der Waals surface area contributed by atoms with E-state index in [0.717, 1.165) is 6.42 Å². The molecule has 104 valence electrons. The first kappa shape index (κ1) is 14.8. The largest absolute Gasteiger partial charge is 0.467 e. The van der Waals surface area contributed by atoms with Gasteiger partial charge in [-0.2, -0.15) is 0 Å². The van der Waals surface area contributed by atoms with Crippen LogP contribution in [0.1, 0.15) is 47.5 Å². The fourth-order valence-corrected chi connectivity index (χ4v) is 2.18. The van der Waals surface area contributed by atoms with Gasteiger partial charge in [-0.05, 0) is 33.6 Å². The Hall–Kier alpha value is -1.26. The van der Waals surface area contributed by atoms with Gasteiger partial charge in [-0.1, -0.05) is 13.8 Å². The summed E-state index contributed by atoms with van der Waals surface area (Å²) in [7, 11) is 1.33. The molecule has 0 spiro atoms. The number of esters is 1. The van der Waals surface area contributed by atoms with Crippen molar-refractivity contribution in [2.75, 3.05) is 7.11 Å². The summed E-state index contributed by atoms with van der Waals surface area (Å²) in [5.74, 6) is -0.405. The Morgan fingerprint density at radius 2 is 1.89 bits per heavy atom. The van der Waals surface area contributed by atoms with E-state index in [-0.39, 0.29) is 5.41 Å². The molecule has 5 heteroatoms. The van der Waals surface area contributed by atoms with Crippen LogP contribution >= 0.6 is 0 Å². The maximum atomic E-state index is 11.9. The van der Waals surface area contributed by atoms with E-state index in [1.165, 1.54) is 7.11 Å². The van der Waals surface area contributed by atoms with Crippen LogP contribution in [0.25, 0.3) is 0 Å². The molecule has 0 heterocycles. The third-order valence-corrected chi connectivity index (χ3v) is 3.59. The average Bonchev–Trinajstić information content (AvgIpc) is 2.82. The van der Waals surface area contributed by atoms with Crippen LogP contribution < -0.4 is 5.32 Å². The van der Waals surface area contributed by atoms with Crippen LogP contribution in [-0.2, 0) is 14.3 Å². The minimum atomic E-state index is -0.932. The summed E-state index contributed by atoms with van der Waals surface area (Å²) in [5.41, 5.74) is -1.77. The van der Waals surface area contributed by atoms with Crippen LogP contribution in [0.5, 0.6) is 0 Å². The molecule has 1 fully saturated rings. The van der Waals surface area contributed by atoms with Gasteiger partial charge >= 0.3 is 12.1 Å². The fraction of sp³-hybridized carbons (Fsp3) is 0.846. The number of hydrogen-bond donors (Lipinski definition) is 1. The molecule has 0 aromatic rings. The predicted octanol–water partition coefficient (Wildman–Crippen LogP) is 2.24. The molecule has 0 unspecified atom stereocenters. The van der Waals surface area contributed by atoms with Gasteiger partial charge in [0.15, 0.2) is 0 Å². The molecule has 1 amide bonds. The summed E-state index contributed by atoms with van der Waals surface area (Å²) in [4.78, 5) is 23.7. The molecule has 1 aliphatic rings. The Kier molecular flexibility index (Phi) is 3.65. The number of amides is 1. The molecular weight excluding hydrogens is 234 g/mol. The minimum Gasteiger partial charge on any atom is -0.467 e. The molecule has 0 radical (unpaired) electrons. The molecule has 1 saturated carbocycles. The summed E-state index contributed by atoms with van der Waals surface area (Å²) in [5, 5.41) is 2.68. The maximum Gasteiger partial charge on any atom is 0.408 e. The first-order valence-corrected chi connectivity index (χ1v) is 6.20. The van der Waals surface area contributed by atoms with Crippen LogP contribution in [0.3, 0.4) is 0 Å². The number of methoxy groups -OCH3 is 1. The van der Waals surface area contributed by atoms with Crippen molar-refractivity contribution >= 4 is 12.1 Å². The number of hydrogen-bond acceptors (Lipinski definition) is 4. The van der Waals surface area contributed by atoms with Crippen LogP contribution in [-0.4, -0.2) is 30.3 Å². The highest BCUT2D eigenvalue weighted by atomic mass is 16.6. The second-order valence-electron chi connectivity index (χ2n) is 6.11. The zero-order chi connectivity index (χ0) is 14.2. The van der Waals surface area contributed by atoms with E-state index in [4.69, 9.17) is 9.47 Å². The SMILES string of the molecule is CC[C@@]1(C)C[C@@]1(NC(=O)OC(C)(C)C)C(=O)OC. The van der Waals surface area contributed by atoms with E-state index >= 15 is 0 Å². The van der Waals surface area contributed by atoms with Gasteiger partial charge in [0.25, 0.3) is 0 Å². The van der Waals surface area contributed by atoms with E-state index in [9.17, 15) is 9.59 Å². The van der Waals surface area contributed by atoms with Crippen LogP contribution in [0.15, 0.2) is 0 Å². The summed E-state index contributed by atoms with van der Waals surface area (Å²) in [6, 6.07) is 0. The highest BCUT2D eigenvalue weighted by molar-refractivity contribution is 5.90. The number of nitrogens with one attached hydrogen (secondary N) is 1. The van der Waals surface area contributed by atoms with Gasteiger partial charge in [0.1, 0.15) is 11.1 Å².